The van der Waals surface area contributed by atoms with Gasteiger partial charge in [0.2, 0.25) is 0 Å². The number of hydrogen-bond acceptors (Lipinski definition) is 4. The molecular weight excluding hydrogens is 364 g/mol. The van der Waals surface area contributed by atoms with E-state index in [1.54, 1.807) is 55.5 Å². The van der Waals surface area contributed by atoms with Crippen LogP contribution in [0.15, 0.2) is 53.4 Å². The molecule has 2 amide bonds. The lowest BCUT2D eigenvalue weighted by Crippen LogP contribution is -2.30. The number of thioether (sulfide) groups is 1. The number of carbonyl (C=O) groups is 3. The Bertz CT molecular complexity index is 834. The normalized spacial score (nSPS) is 11.7. The van der Waals surface area contributed by atoms with Crippen LogP contribution in [0.2, 0.25) is 0 Å². The van der Waals surface area contributed by atoms with Gasteiger partial charge in [-0.15, -0.1) is 11.8 Å². The van der Waals surface area contributed by atoms with Crippen molar-refractivity contribution in [3.63, 3.8) is 0 Å². The zero-order valence-electron chi connectivity index (χ0n) is 15.4. The molecule has 0 aliphatic heterocycles. The molecule has 0 saturated heterocycles. The Kier molecular flexibility index (Phi) is 7.01. The summed E-state index contributed by atoms with van der Waals surface area (Å²) in [7, 11) is 0. The molecule has 1 unspecified atom stereocenters. The van der Waals surface area contributed by atoms with Crippen LogP contribution >= 0.6 is 11.8 Å². The van der Waals surface area contributed by atoms with Crippen LogP contribution in [0.3, 0.4) is 0 Å². The summed E-state index contributed by atoms with van der Waals surface area (Å²) in [5, 5.41) is 14.0. The molecule has 6 nitrogen and oxygen atoms in total. The van der Waals surface area contributed by atoms with Crippen LogP contribution < -0.4 is 10.6 Å². The van der Waals surface area contributed by atoms with E-state index in [0.29, 0.717) is 21.7 Å². The fourth-order valence-corrected chi connectivity index (χ4v) is 3.17. The number of anilines is 1. The molecule has 27 heavy (non-hydrogen) atoms. The van der Waals surface area contributed by atoms with E-state index in [0.717, 1.165) is 11.8 Å². The molecule has 0 spiro atoms. The molecular formula is C20H22N2O4S. The van der Waals surface area contributed by atoms with Gasteiger partial charge in [-0.25, -0.2) is 0 Å². The number of aliphatic carboxylic acids is 1. The molecule has 0 radical (unpaired) electrons. The van der Waals surface area contributed by atoms with Crippen molar-refractivity contribution in [1.29, 1.82) is 0 Å². The van der Waals surface area contributed by atoms with Gasteiger partial charge in [0.05, 0.1) is 5.56 Å². The highest BCUT2D eigenvalue weighted by atomic mass is 32.2. The zero-order valence-corrected chi connectivity index (χ0v) is 16.2. The number of rotatable bonds is 7. The third kappa shape index (κ3) is 5.86. The summed E-state index contributed by atoms with van der Waals surface area (Å²) in [5.41, 5.74) is 1.46. The third-order valence-electron chi connectivity index (χ3n) is 3.61. The molecule has 0 aliphatic rings. The quantitative estimate of drug-likeness (QED) is 0.632. The second-order valence-electron chi connectivity index (χ2n) is 6.25. The number of hydrogen-bond donors (Lipinski definition) is 3. The minimum atomic E-state index is -0.939. The molecule has 0 fully saturated rings. The summed E-state index contributed by atoms with van der Waals surface area (Å²) in [6, 6.07) is 13.5. The number of amides is 2. The van der Waals surface area contributed by atoms with E-state index < -0.39 is 11.2 Å². The summed E-state index contributed by atoms with van der Waals surface area (Å²) in [4.78, 5) is 36.2. The molecule has 0 saturated carbocycles. The van der Waals surface area contributed by atoms with E-state index in [4.69, 9.17) is 5.11 Å². The minimum Gasteiger partial charge on any atom is -0.480 e. The molecule has 0 aliphatic carbocycles. The van der Waals surface area contributed by atoms with Gasteiger partial charge < -0.3 is 15.7 Å². The fraction of sp³-hybridized carbons (Fsp3) is 0.250. The van der Waals surface area contributed by atoms with Gasteiger partial charge in [0, 0.05) is 22.2 Å². The highest BCUT2D eigenvalue weighted by Crippen LogP contribution is 2.27. The van der Waals surface area contributed by atoms with Crippen molar-refractivity contribution in [3.05, 3.63) is 59.7 Å². The van der Waals surface area contributed by atoms with Crippen molar-refractivity contribution < 1.29 is 19.5 Å². The second kappa shape index (κ2) is 9.23. The van der Waals surface area contributed by atoms with Crippen molar-refractivity contribution in [2.45, 2.75) is 37.0 Å². The summed E-state index contributed by atoms with van der Waals surface area (Å²) in [6.07, 6.45) is 0. The lowest BCUT2D eigenvalue weighted by atomic mass is 10.1. The average Bonchev–Trinajstić information content (AvgIpc) is 2.62. The number of carboxylic acid groups (broad SMARTS) is 1. The molecule has 0 heterocycles. The lowest BCUT2D eigenvalue weighted by molar-refractivity contribution is -0.136. The van der Waals surface area contributed by atoms with Crippen molar-refractivity contribution in [1.82, 2.24) is 5.32 Å². The van der Waals surface area contributed by atoms with Gasteiger partial charge in [0.25, 0.3) is 11.8 Å². The van der Waals surface area contributed by atoms with Gasteiger partial charge in [-0.1, -0.05) is 12.1 Å². The van der Waals surface area contributed by atoms with Crippen LogP contribution in [0.5, 0.6) is 0 Å². The fourth-order valence-electron chi connectivity index (χ4n) is 2.25. The molecule has 0 aromatic heterocycles. The Labute approximate surface area is 162 Å². The first-order chi connectivity index (χ1) is 12.8. The summed E-state index contributed by atoms with van der Waals surface area (Å²) in [6.45, 7) is 5.34. The molecule has 0 bridgehead atoms. The maximum absolute atomic E-state index is 12.6. The van der Waals surface area contributed by atoms with Crippen LogP contribution in [0.1, 0.15) is 41.5 Å². The number of nitrogens with one attached hydrogen (secondary N) is 2. The Morgan fingerprint density at radius 1 is 0.926 bits per heavy atom. The largest absolute Gasteiger partial charge is 0.480 e. The van der Waals surface area contributed by atoms with Gasteiger partial charge in [-0.2, -0.15) is 0 Å². The minimum absolute atomic E-state index is 0.0408. The highest BCUT2D eigenvalue weighted by molar-refractivity contribution is 8.00. The predicted molar refractivity (Wildman–Crippen MR) is 106 cm³/mol. The molecule has 3 N–H and O–H groups in total. The molecule has 2 rings (SSSR count). The molecule has 2 aromatic carbocycles. The molecule has 7 heteroatoms. The Balaban J connectivity index is 2.11. The Morgan fingerprint density at radius 3 is 2.15 bits per heavy atom. The maximum atomic E-state index is 12.6. The van der Waals surface area contributed by atoms with E-state index in [2.05, 4.69) is 10.6 Å². The van der Waals surface area contributed by atoms with Crippen LogP contribution in [-0.4, -0.2) is 34.2 Å². The monoisotopic (exact) mass is 386 g/mol. The molecule has 142 valence electrons. The van der Waals surface area contributed by atoms with Gasteiger partial charge in [-0.05, 0) is 57.2 Å². The van der Waals surface area contributed by atoms with Crippen molar-refractivity contribution in [2.75, 3.05) is 5.32 Å². The standard InChI is InChI=1S/C20H22N2O4S/c1-12(2)21-18(23)14-8-10-15(11-9-14)22-19(24)16-6-4-5-7-17(16)27-13(3)20(25)26/h4-13H,1-3H3,(H,21,23)(H,22,24)(H,25,26). The van der Waals surface area contributed by atoms with E-state index in [-0.39, 0.29) is 17.9 Å². The summed E-state index contributed by atoms with van der Waals surface area (Å²) >= 11 is 1.12. The third-order valence-corrected chi connectivity index (χ3v) is 4.77. The van der Waals surface area contributed by atoms with Crippen LogP contribution in [0, 0.1) is 0 Å². The SMILES string of the molecule is CC(C)NC(=O)c1ccc(NC(=O)c2ccccc2SC(C)C(=O)O)cc1. The topological polar surface area (TPSA) is 95.5 Å². The Morgan fingerprint density at radius 2 is 1.56 bits per heavy atom. The van der Waals surface area contributed by atoms with Gasteiger partial charge in [-0.3, -0.25) is 14.4 Å². The van der Waals surface area contributed by atoms with E-state index in [1.165, 1.54) is 0 Å². The van der Waals surface area contributed by atoms with Gasteiger partial charge in [0.15, 0.2) is 0 Å². The van der Waals surface area contributed by atoms with Gasteiger partial charge in [0.1, 0.15) is 5.25 Å². The van der Waals surface area contributed by atoms with Crippen LogP contribution in [-0.2, 0) is 4.79 Å². The number of benzene rings is 2. The Hall–Kier alpha value is -2.80. The second-order valence-corrected chi connectivity index (χ2v) is 7.64. The van der Waals surface area contributed by atoms with E-state index in [9.17, 15) is 14.4 Å². The summed E-state index contributed by atoms with van der Waals surface area (Å²) in [5.74, 6) is -1.45. The first-order valence-corrected chi connectivity index (χ1v) is 9.36. The predicted octanol–water partition coefficient (Wildman–Crippen LogP) is 3.64. The first kappa shape index (κ1) is 20.5. The van der Waals surface area contributed by atoms with Crippen molar-refractivity contribution in [3.8, 4) is 0 Å². The first-order valence-electron chi connectivity index (χ1n) is 8.48. The van der Waals surface area contributed by atoms with Crippen molar-refractivity contribution in [2.24, 2.45) is 0 Å². The average molecular weight is 386 g/mol. The highest BCUT2D eigenvalue weighted by Gasteiger charge is 2.18. The summed E-state index contributed by atoms with van der Waals surface area (Å²) < 4.78 is 0. The van der Waals surface area contributed by atoms with E-state index >= 15 is 0 Å². The van der Waals surface area contributed by atoms with Crippen LogP contribution in [0.4, 0.5) is 5.69 Å². The maximum Gasteiger partial charge on any atom is 0.316 e. The van der Waals surface area contributed by atoms with Crippen LogP contribution in [0.25, 0.3) is 0 Å². The molecule has 2 aromatic rings. The zero-order chi connectivity index (χ0) is 20.0. The lowest BCUT2D eigenvalue weighted by Gasteiger charge is -2.12. The smallest absolute Gasteiger partial charge is 0.316 e. The number of carboxylic acids is 1. The number of carbonyl (C=O) groups excluding carboxylic acids is 2. The molecule has 1 atom stereocenters. The van der Waals surface area contributed by atoms with E-state index in [1.807, 2.05) is 13.8 Å². The van der Waals surface area contributed by atoms with Gasteiger partial charge >= 0.3 is 5.97 Å². The van der Waals surface area contributed by atoms with Crippen molar-refractivity contribution >= 4 is 35.2 Å².